The molecule has 2 aromatic rings. The van der Waals surface area contributed by atoms with Crippen molar-refractivity contribution in [1.82, 2.24) is 4.90 Å². The summed E-state index contributed by atoms with van der Waals surface area (Å²) in [7, 11) is 6.50. The number of rotatable bonds is 6. The molecule has 6 nitrogen and oxygen atoms in total. The smallest absolute Gasteiger partial charge is 0.219 e. The number of methoxy groups -OCH3 is 4. The summed E-state index contributed by atoms with van der Waals surface area (Å²) in [5.74, 6) is 2.81. The van der Waals surface area contributed by atoms with Gasteiger partial charge in [-0.15, -0.1) is 0 Å². The molecular formula is C22H27NO5. The maximum atomic E-state index is 12.3. The average molecular weight is 385 g/mol. The Morgan fingerprint density at radius 1 is 0.929 bits per heavy atom. The van der Waals surface area contributed by atoms with Crippen LogP contribution in [0.4, 0.5) is 0 Å². The maximum absolute atomic E-state index is 12.3. The fourth-order valence-electron chi connectivity index (χ4n) is 3.86. The predicted octanol–water partition coefficient (Wildman–Crippen LogP) is 3.41. The Morgan fingerprint density at radius 2 is 1.54 bits per heavy atom. The molecule has 0 fully saturated rings. The molecule has 0 unspecified atom stereocenters. The monoisotopic (exact) mass is 385 g/mol. The number of benzene rings is 2. The van der Waals surface area contributed by atoms with Crippen LogP contribution in [-0.4, -0.2) is 45.8 Å². The summed E-state index contributed by atoms with van der Waals surface area (Å²) in [4.78, 5) is 14.3. The van der Waals surface area contributed by atoms with Crippen LogP contribution in [0, 0.1) is 0 Å². The van der Waals surface area contributed by atoms with Crippen LogP contribution in [0.3, 0.4) is 0 Å². The number of carbonyl (C=O) groups excluding carboxylic acids is 1. The van der Waals surface area contributed by atoms with Crippen LogP contribution < -0.4 is 18.9 Å². The van der Waals surface area contributed by atoms with E-state index in [1.54, 1.807) is 35.4 Å². The van der Waals surface area contributed by atoms with Crippen LogP contribution in [-0.2, 0) is 17.6 Å². The van der Waals surface area contributed by atoms with Crippen molar-refractivity contribution in [3.8, 4) is 23.0 Å². The Morgan fingerprint density at radius 3 is 2.14 bits per heavy atom. The summed E-state index contributed by atoms with van der Waals surface area (Å²) in [6, 6.07) is 9.80. The van der Waals surface area contributed by atoms with Gasteiger partial charge in [0.1, 0.15) is 0 Å². The van der Waals surface area contributed by atoms with Crippen molar-refractivity contribution < 1.29 is 23.7 Å². The topological polar surface area (TPSA) is 57.2 Å². The Kier molecular flexibility index (Phi) is 5.97. The molecule has 0 aromatic heterocycles. The first kappa shape index (κ1) is 19.9. The Balaban J connectivity index is 2.03. The molecule has 0 saturated carbocycles. The first-order valence-corrected chi connectivity index (χ1v) is 9.25. The third kappa shape index (κ3) is 3.72. The minimum Gasteiger partial charge on any atom is -0.493 e. The zero-order valence-electron chi connectivity index (χ0n) is 17.1. The zero-order chi connectivity index (χ0) is 20.3. The van der Waals surface area contributed by atoms with Gasteiger partial charge in [-0.25, -0.2) is 0 Å². The van der Waals surface area contributed by atoms with Gasteiger partial charge in [-0.1, -0.05) is 6.07 Å². The molecule has 28 heavy (non-hydrogen) atoms. The second-order valence-corrected chi connectivity index (χ2v) is 6.78. The third-order valence-corrected chi connectivity index (χ3v) is 5.28. The van der Waals surface area contributed by atoms with E-state index in [4.69, 9.17) is 18.9 Å². The normalized spacial score (nSPS) is 15.6. The quantitative estimate of drug-likeness (QED) is 0.763. The molecule has 0 N–H and O–H groups in total. The number of hydrogen-bond donors (Lipinski definition) is 0. The highest BCUT2D eigenvalue weighted by atomic mass is 16.5. The maximum Gasteiger partial charge on any atom is 0.219 e. The SMILES string of the molecule is COc1ccc(C[C@H]2c3cc(OC)c(OC)cc3CCN2C(C)=O)cc1OC. The van der Waals surface area contributed by atoms with E-state index >= 15 is 0 Å². The molecule has 6 heteroatoms. The molecule has 150 valence electrons. The van der Waals surface area contributed by atoms with Crippen LogP contribution in [0.15, 0.2) is 30.3 Å². The van der Waals surface area contributed by atoms with E-state index in [1.807, 2.05) is 35.2 Å². The van der Waals surface area contributed by atoms with Crippen molar-refractivity contribution in [2.45, 2.75) is 25.8 Å². The highest BCUT2D eigenvalue weighted by molar-refractivity contribution is 5.74. The van der Waals surface area contributed by atoms with E-state index in [0.29, 0.717) is 36.0 Å². The summed E-state index contributed by atoms with van der Waals surface area (Å²) in [6.45, 7) is 2.29. The van der Waals surface area contributed by atoms with Gasteiger partial charge in [0, 0.05) is 13.5 Å². The fourth-order valence-corrected chi connectivity index (χ4v) is 3.86. The lowest BCUT2D eigenvalue weighted by Gasteiger charge is -2.37. The second kappa shape index (κ2) is 8.42. The molecule has 0 aliphatic carbocycles. The van der Waals surface area contributed by atoms with Crippen molar-refractivity contribution in [1.29, 1.82) is 0 Å². The standard InChI is InChI=1S/C22H27NO5/c1-14(24)23-9-8-16-12-21(27-4)22(28-5)13-17(16)18(23)10-15-6-7-19(25-2)20(11-15)26-3/h6-7,11-13,18H,8-10H2,1-5H3/t18-/m0/s1. The number of hydrogen-bond acceptors (Lipinski definition) is 5. The number of nitrogens with zero attached hydrogens (tertiary/aromatic N) is 1. The average Bonchev–Trinajstić information content (AvgIpc) is 2.72. The van der Waals surface area contributed by atoms with Crippen molar-refractivity contribution in [2.24, 2.45) is 0 Å². The Labute approximate surface area is 166 Å². The van der Waals surface area contributed by atoms with E-state index < -0.39 is 0 Å². The lowest BCUT2D eigenvalue weighted by Crippen LogP contribution is -2.39. The molecule has 2 aromatic carbocycles. The molecular weight excluding hydrogens is 358 g/mol. The molecule has 0 spiro atoms. The van der Waals surface area contributed by atoms with Crippen LogP contribution in [0.5, 0.6) is 23.0 Å². The lowest BCUT2D eigenvalue weighted by molar-refractivity contribution is -0.131. The van der Waals surface area contributed by atoms with Crippen LogP contribution >= 0.6 is 0 Å². The van der Waals surface area contributed by atoms with Crippen molar-refractivity contribution in [2.75, 3.05) is 35.0 Å². The van der Waals surface area contributed by atoms with E-state index in [-0.39, 0.29) is 11.9 Å². The fraction of sp³-hybridized carbons (Fsp3) is 0.409. The van der Waals surface area contributed by atoms with Gasteiger partial charge in [0.15, 0.2) is 23.0 Å². The molecule has 1 heterocycles. The number of fused-ring (bicyclic) bond motifs is 1. The molecule has 0 saturated heterocycles. The van der Waals surface area contributed by atoms with Crippen LogP contribution in [0.25, 0.3) is 0 Å². The van der Waals surface area contributed by atoms with Gasteiger partial charge in [0.05, 0.1) is 34.5 Å². The minimum atomic E-state index is -0.0841. The van der Waals surface area contributed by atoms with Crippen molar-refractivity contribution >= 4 is 5.91 Å². The molecule has 0 radical (unpaired) electrons. The first-order valence-electron chi connectivity index (χ1n) is 9.25. The third-order valence-electron chi connectivity index (χ3n) is 5.28. The summed E-state index contributed by atoms with van der Waals surface area (Å²) in [5, 5.41) is 0. The van der Waals surface area contributed by atoms with Gasteiger partial charge in [-0.2, -0.15) is 0 Å². The Hall–Kier alpha value is -2.89. The van der Waals surface area contributed by atoms with E-state index in [2.05, 4.69) is 0 Å². The Bertz CT molecular complexity index is 864. The predicted molar refractivity (Wildman–Crippen MR) is 107 cm³/mol. The number of carbonyl (C=O) groups is 1. The molecule has 1 amide bonds. The van der Waals surface area contributed by atoms with Gasteiger partial charge < -0.3 is 23.8 Å². The summed E-state index contributed by atoms with van der Waals surface area (Å²) < 4.78 is 21.7. The van der Waals surface area contributed by atoms with E-state index in [1.165, 1.54) is 5.56 Å². The van der Waals surface area contributed by atoms with Gasteiger partial charge in [-0.05, 0) is 53.8 Å². The highest BCUT2D eigenvalue weighted by Crippen LogP contribution is 2.40. The summed E-state index contributed by atoms with van der Waals surface area (Å²) in [6.07, 6.45) is 1.46. The number of amides is 1. The van der Waals surface area contributed by atoms with E-state index in [9.17, 15) is 4.79 Å². The van der Waals surface area contributed by atoms with Crippen LogP contribution in [0.2, 0.25) is 0 Å². The van der Waals surface area contributed by atoms with E-state index in [0.717, 1.165) is 17.5 Å². The highest BCUT2D eigenvalue weighted by Gasteiger charge is 2.31. The molecule has 0 bridgehead atoms. The zero-order valence-corrected chi connectivity index (χ0v) is 17.1. The first-order chi connectivity index (χ1) is 13.5. The van der Waals surface area contributed by atoms with Crippen LogP contribution in [0.1, 0.15) is 29.7 Å². The minimum absolute atomic E-state index is 0.0610. The van der Waals surface area contributed by atoms with Crippen molar-refractivity contribution in [3.05, 3.63) is 47.0 Å². The van der Waals surface area contributed by atoms with Gasteiger partial charge in [-0.3, -0.25) is 4.79 Å². The van der Waals surface area contributed by atoms with Gasteiger partial charge in [0.2, 0.25) is 5.91 Å². The molecule has 3 rings (SSSR count). The number of ether oxygens (including phenoxy) is 4. The molecule has 1 aliphatic rings. The van der Waals surface area contributed by atoms with Gasteiger partial charge >= 0.3 is 0 Å². The molecule has 1 aliphatic heterocycles. The van der Waals surface area contributed by atoms with Crippen molar-refractivity contribution in [3.63, 3.8) is 0 Å². The lowest BCUT2D eigenvalue weighted by atomic mass is 9.88. The largest absolute Gasteiger partial charge is 0.493 e. The summed E-state index contributed by atoms with van der Waals surface area (Å²) in [5.41, 5.74) is 3.34. The second-order valence-electron chi connectivity index (χ2n) is 6.78. The molecule has 1 atom stereocenters. The summed E-state index contributed by atoms with van der Waals surface area (Å²) >= 11 is 0. The van der Waals surface area contributed by atoms with Gasteiger partial charge in [0.25, 0.3) is 0 Å².